The number of amides is 1. The summed E-state index contributed by atoms with van der Waals surface area (Å²) in [6.07, 6.45) is 0. The average molecular weight is 289 g/mol. The van der Waals surface area contributed by atoms with Crippen LogP contribution in [0.1, 0.15) is 12.5 Å². The Labute approximate surface area is 92.1 Å². The lowest BCUT2D eigenvalue weighted by molar-refractivity contribution is -0.128. The van der Waals surface area contributed by atoms with E-state index in [0.717, 1.165) is 5.56 Å². The Morgan fingerprint density at radius 1 is 1.38 bits per heavy atom. The number of carbonyl (C=O) groups excluding carboxylic acids is 1. The van der Waals surface area contributed by atoms with Crippen LogP contribution in [0.3, 0.4) is 0 Å². The highest BCUT2D eigenvalue weighted by atomic mass is 127. The number of carbonyl (C=O) groups is 1. The van der Waals surface area contributed by atoms with Gasteiger partial charge in [-0.15, -0.1) is 0 Å². The monoisotopic (exact) mass is 289 g/mol. The molecule has 0 fully saturated rings. The van der Waals surface area contributed by atoms with Gasteiger partial charge in [-0.1, -0.05) is 12.1 Å². The summed E-state index contributed by atoms with van der Waals surface area (Å²) >= 11 is 2.26. The van der Waals surface area contributed by atoms with E-state index in [-0.39, 0.29) is 5.91 Å². The highest BCUT2D eigenvalue weighted by Gasteiger charge is 2.02. The van der Waals surface area contributed by atoms with Gasteiger partial charge in [0, 0.05) is 24.1 Å². The fraction of sp³-hybridized carbons (Fsp3) is 0.300. The molecule has 3 heteroatoms. The van der Waals surface area contributed by atoms with Crippen LogP contribution in [-0.4, -0.2) is 17.9 Å². The first-order valence-electron chi connectivity index (χ1n) is 4.06. The summed E-state index contributed by atoms with van der Waals surface area (Å²) in [4.78, 5) is 12.6. The minimum Gasteiger partial charge on any atom is -0.342 e. The van der Waals surface area contributed by atoms with Gasteiger partial charge in [-0.2, -0.15) is 0 Å². The molecule has 1 amide bonds. The normalized spacial score (nSPS) is 9.77. The molecule has 0 aliphatic heterocycles. The van der Waals surface area contributed by atoms with Crippen molar-refractivity contribution in [2.45, 2.75) is 13.5 Å². The van der Waals surface area contributed by atoms with E-state index in [2.05, 4.69) is 22.6 Å². The largest absolute Gasteiger partial charge is 0.342 e. The van der Waals surface area contributed by atoms with Gasteiger partial charge in [-0.25, -0.2) is 0 Å². The summed E-state index contributed by atoms with van der Waals surface area (Å²) in [5.74, 6) is 0.0959. The minimum absolute atomic E-state index is 0.0959. The lowest BCUT2D eigenvalue weighted by Crippen LogP contribution is -2.22. The van der Waals surface area contributed by atoms with Gasteiger partial charge in [0.05, 0.1) is 0 Å². The fourth-order valence-corrected chi connectivity index (χ4v) is 1.33. The van der Waals surface area contributed by atoms with E-state index < -0.39 is 0 Å². The van der Waals surface area contributed by atoms with Crippen molar-refractivity contribution in [3.8, 4) is 0 Å². The van der Waals surface area contributed by atoms with Gasteiger partial charge in [0.2, 0.25) is 5.91 Å². The third-order valence-corrected chi connectivity index (χ3v) is 2.59. The number of nitrogens with zero attached hydrogens (tertiary/aromatic N) is 1. The molecule has 0 aliphatic carbocycles. The SMILES string of the molecule is CC(=O)N(C)Cc1ccc(I)cc1. The summed E-state index contributed by atoms with van der Waals surface area (Å²) in [5.41, 5.74) is 1.16. The molecule has 0 spiro atoms. The van der Waals surface area contributed by atoms with Crippen molar-refractivity contribution < 1.29 is 4.79 Å². The van der Waals surface area contributed by atoms with Crippen molar-refractivity contribution in [2.24, 2.45) is 0 Å². The molecule has 1 rings (SSSR count). The smallest absolute Gasteiger partial charge is 0.219 e. The maximum absolute atomic E-state index is 10.9. The number of hydrogen-bond donors (Lipinski definition) is 0. The molecule has 0 heterocycles. The van der Waals surface area contributed by atoms with Gasteiger partial charge in [0.25, 0.3) is 0 Å². The standard InChI is InChI=1S/C10H12INO/c1-8(13)12(2)7-9-3-5-10(11)6-4-9/h3-6H,7H2,1-2H3. The summed E-state index contributed by atoms with van der Waals surface area (Å²) in [6, 6.07) is 8.18. The first kappa shape index (κ1) is 10.5. The van der Waals surface area contributed by atoms with Crippen molar-refractivity contribution in [1.29, 1.82) is 0 Å². The highest BCUT2D eigenvalue weighted by Crippen LogP contribution is 2.08. The highest BCUT2D eigenvalue weighted by molar-refractivity contribution is 14.1. The summed E-state index contributed by atoms with van der Waals surface area (Å²) in [7, 11) is 1.81. The van der Waals surface area contributed by atoms with E-state index in [1.54, 1.807) is 18.9 Å². The van der Waals surface area contributed by atoms with Gasteiger partial charge in [0.1, 0.15) is 0 Å². The predicted octanol–water partition coefficient (Wildman–Crippen LogP) is 2.27. The Morgan fingerprint density at radius 3 is 2.38 bits per heavy atom. The maximum Gasteiger partial charge on any atom is 0.219 e. The second-order valence-electron chi connectivity index (χ2n) is 3.00. The van der Waals surface area contributed by atoms with Gasteiger partial charge < -0.3 is 4.90 Å². The summed E-state index contributed by atoms with van der Waals surface area (Å²) in [6.45, 7) is 2.26. The summed E-state index contributed by atoms with van der Waals surface area (Å²) < 4.78 is 1.21. The van der Waals surface area contributed by atoms with Crippen LogP contribution in [-0.2, 0) is 11.3 Å². The molecule has 1 aromatic rings. The molecule has 0 atom stereocenters. The van der Waals surface area contributed by atoms with Crippen LogP contribution < -0.4 is 0 Å². The van der Waals surface area contributed by atoms with Crippen LogP contribution in [0.4, 0.5) is 0 Å². The van der Waals surface area contributed by atoms with Crippen LogP contribution in [0.15, 0.2) is 24.3 Å². The van der Waals surface area contributed by atoms with E-state index in [4.69, 9.17) is 0 Å². The average Bonchev–Trinajstić information content (AvgIpc) is 2.08. The summed E-state index contributed by atoms with van der Waals surface area (Å²) in [5, 5.41) is 0. The van der Waals surface area contributed by atoms with Crippen LogP contribution >= 0.6 is 22.6 Å². The lowest BCUT2D eigenvalue weighted by Gasteiger charge is -2.14. The van der Waals surface area contributed by atoms with Crippen molar-refractivity contribution >= 4 is 28.5 Å². The fourth-order valence-electron chi connectivity index (χ4n) is 0.975. The molecule has 70 valence electrons. The zero-order chi connectivity index (χ0) is 9.84. The topological polar surface area (TPSA) is 20.3 Å². The molecule has 1 aromatic carbocycles. The molecule has 0 bridgehead atoms. The van der Waals surface area contributed by atoms with E-state index in [1.165, 1.54) is 3.57 Å². The number of hydrogen-bond acceptors (Lipinski definition) is 1. The van der Waals surface area contributed by atoms with Crippen LogP contribution in [0.2, 0.25) is 0 Å². The van der Waals surface area contributed by atoms with E-state index in [1.807, 2.05) is 24.3 Å². The third-order valence-electron chi connectivity index (χ3n) is 1.87. The Morgan fingerprint density at radius 2 is 1.92 bits per heavy atom. The Bertz CT molecular complexity index is 294. The molecule has 0 saturated carbocycles. The first-order chi connectivity index (χ1) is 6.09. The molecule has 0 aromatic heterocycles. The molecule has 0 N–H and O–H groups in total. The molecule has 13 heavy (non-hydrogen) atoms. The molecule has 0 aliphatic rings. The van der Waals surface area contributed by atoms with Crippen molar-refractivity contribution in [3.63, 3.8) is 0 Å². The van der Waals surface area contributed by atoms with Crippen molar-refractivity contribution in [1.82, 2.24) is 4.90 Å². The van der Waals surface area contributed by atoms with Crippen molar-refractivity contribution in [2.75, 3.05) is 7.05 Å². The molecule has 0 radical (unpaired) electrons. The number of halogens is 1. The Balaban J connectivity index is 2.64. The third kappa shape index (κ3) is 3.34. The Hall–Kier alpha value is -0.580. The Kier molecular flexibility index (Phi) is 3.71. The second-order valence-corrected chi connectivity index (χ2v) is 4.25. The molecule has 0 saturated heterocycles. The quantitative estimate of drug-likeness (QED) is 0.765. The molecule has 0 unspecified atom stereocenters. The minimum atomic E-state index is 0.0959. The molecular formula is C10H12INO. The van der Waals surface area contributed by atoms with E-state index >= 15 is 0 Å². The van der Waals surface area contributed by atoms with E-state index in [9.17, 15) is 4.79 Å². The maximum atomic E-state index is 10.9. The lowest BCUT2D eigenvalue weighted by atomic mass is 10.2. The van der Waals surface area contributed by atoms with E-state index in [0.29, 0.717) is 6.54 Å². The zero-order valence-electron chi connectivity index (χ0n) is 7.75. The van der Waals surface area contributed by atoms with Crippen LogP contribution in [0.5, 0.6) is 0 Å². The molecule has 2 nitrogen and oxygen atoms in total. The van der Waals surface area contributed by atoms with Gasteiger partial charge in [0.15, 0.2) is 0 Å². The van der Waals surface area contributed by atoms with Gasteiger partial charge >= 0.3 is 0 Å². The van der Waals surface area contributed by atoms with Crippen molar-refractivity contribution in [3.05, 3.63) is 33.4 Å². The molecular weight excluding hydrogens is 277 g/mol. The van der Waals surface area contributed by atoms with Gasteiger partial charge in [-0.05, 0) is 40.3 Å². The second kappa shape index (κ2) is 4.60. The number of rotatable bonds is 2. The van der Waals surface area contributed by atoms with Crippen LogP contribution in [0, 0.1) is 3.57 Å². The number of benzene rings is 1. The van der Waals surface area contributed by atoms with Gasteiger partial charge in [-0.3, -0.25) is 4.79 Å². The zero-order valence-corrected chi connectivity index (χ0v) is 9.91. The first-order valence-corrected chi connectivity index (χ1v) is 5.13. The predicted molar refractivity (Wildman–Crippen MR) is 61.3 cm³/mol. The van der Waals surface area contributed by atoms with Crippen LogP contribution in [0.25, 0.3) is 0 Å².